The molecule has 22 heavy (non-hydrogen) atoms. The summed E-state index contributed by atoms with van der Waals surface area (Å²) in [6, 6.07) is 16.4. The SMILES string of the molecule is CCCC(CC)c1ccccc1C(C)(C)c1ccccc1O. The Hall–Kier alpha value is -1.76. The molecule has 0 aliphatic carbocycles. The van der Waals surface area contributed by atoms with Gasteiger partial charge in [0, 0.05) is 11.0 Å². The molecule has 1 unspecified atom stereocenters. The quantitative estimate of drug-likeness (QED) is 0.692. The first-order valence-corrected chi connectivity index (χ1v) is 8.40. The molecule has 0 saturated heterocycles. The Morgan fingerprint density at radius 2 is 1.50 bits per heavy atom. The van der Waals surface area contributed by atoms with Gasteiger partial charge in [0.05, 0.1) is 0 Å². The summed E-state index contributed by atoms with van der Waals surface area (Å²) in [5.74, 6) is 0.970. The van der Waals surface area contributed by atoms with Crippen molar-refractivity contribution in [1.29, 1.82) is 0 Å². The first-order chi connectivity index (χ1) is 10.5. The highest BCUT2D eigenvalue weighted by Crippen LogP contribution is 2.41. The number of benzene rings is 2. The second-order valence-corrected chi connectivity index (χ2v) is 6.62. The van der Waals surface area contributed by atoms with Gasteiger partial charge in [0.1, 0.15) is 5.75 Å². The molecule has 0 fully saturated rings. The summed E-state index contributed by atoms with van der Waals surface area (Å²) in [4.78, 5) is 0. The molecule has 2 rings (SSSR count). The standard InChI is InChI=1S/C21H28O/c1-5-11-16(6-2)17-12-7-8-13-18(17)21(3,4)19-14-9-10-15-20(19)22/h7-10,12-16,22H,5-6,11H2,1-4H3. The molecule has 0 aliphatic heterocycles. The molecule has 0 aromatic heterocycles. The Morgan fingerprint density at radius 3 is 2.09 bits per heavy atom. The monoisotopic (exact) mass is 296 g/mol. The van der Waals surface area contributed by atoms with E-state index < -0.39 is 0 Å². The largest absolute Gasteiger partial charge is 0.508 e. The Bertz CT molecular complexity index is 613. The van der Waals surface area contributed by atoms with Gasteiger partial charge >= 0.3 is 0 Å². The average Bonchev–Trinajstić information content (AvgIpc) is 2.53. The van der Waals surface area contributed by atoms with Crippen LogP contribution in [0.25, 0.3) is 0 Å². The number of para-hydroxylation sites is 1. The lowest BCUT2D eigenvalue weighted by molar-refractivity contribution is 0.451. The van der Waals surface area contributed by atoms with Crippen LogP contribution in [0.2, 0.25) is 0 Å². The fraction of sp³-hybridized carbons (Fsp3) is 0.429. The van der Waals surface area contributed by atoms with E-state index >= 15 is 0 Å². The van der Waals surface area contributed by atoms with E-state index in [1.165, 1.54) is 24.0 Å². The van der Waals surface area contributed by atoms with Crippen LogP contribution >= 0.6 is 0 Å². The van der Waals surface area contributed by atoms with Crippen molar-refractivity contribution in [2.75, 3.05) is 0 Å². The molecular weight excluding hydrogens is 268 g/mol. The van der Waals surface area contributed by atoms with E-state index in [1.54, 1.807) is 6.07 Å². The molecule has 0 bridgehead atoms. The van der Waals surface area contributed by atoms with E-state index in [-0.39, 0.29) is 5.41 Å². The minimum atomic E-state index is -0.205. The maximum Gasteiger partial charge on any atom is 0.119 e. The van der Waals surface area contributed by atoms with Crippen LogP contribution in [0.5, 0.6) is 5.75 Å². The van der Waals surface area contributed by atoms with E-state index in [2.05, 4.69) is 52.0 Å². The normalized spacial score (nSPS) is 13.1. The van der Waals surface area contributed by atoms with Gasteiger partial charge in [-0.05, 0) is 36.0 Å². The minimum Gasteiger partial charge on any atom is -0.508 e. The Kier molecular flexibility index (Phi) is 5.28. The van der Waals surface area contributed by atoms with Gasteiger partial charge in [0.15, 0.2) is 0 Å². The Labute approximate surface area is 135 Å². The van der Waals surface area contributed by atoms with E-state index in [9.17, 15) is 5.11 Å². The topological polar surface area (TPSA) is 20.2 Å². The predicted octanol–water partition coefficient (Wildman–Crippen LogP) is 6.01. The van der Waals surface area contributed by atoms with E-state index in [0.717, 1.165) is 12.0 Å². The number of aromatic hydroxyl groups is 1. The predicted molar refractivity (Wildman–Crippen MR) is 94.6 cm³/mol. The van der Waals surface area contributed by atoms with Crippen molar-refractivity contribution in [2.45, 2.75) is 58.3 Å². The zero-order valence-electron chi connectivity index (χ0n) is 14.3. The zero-order chi connectivity index (χ0) is 16.2. The van der Waals surface area contributed by atoms with Crippen molar-refractivity contribution < 1.29 is 5.11 Å². The highest BCUT2D eigenvalue weighted by molar-refractivity contribution is 5.48. The van der Waals surface area contributed by atoms with Crippen LogP contribution in [0.1, 0.15) is 69.6 Å². The van der Waals surface area contributed by atoms with Crippen LogP contribution in [-0.2, 0) is 5.41 Å². The van der Waals surface area contributed by atoms with E-state index in [0.29, 0.717) is 11.7 Å². The van der Waals surface area contributed by atoms with E-state index in [1.807, 2.05) is 18.2 Å². The number of rotatable bonds is 6. The van der Waals surface area contributed by atoms with Gasteiger partial charge < -0.3 is 5.11 Å². The molecule has 0 radical (unpaired) electrons. The molecule has 2 aromatic carbocycles. The third-order valence-electron chi connectivity index (χ3n) is 4.78. The highest BCUT2D eigenvalue weighted by atomic mass is 16.3. The fourth-order valence-corrected chi connectivity index (χ4v) is 3.50. The summed E-state index contributed by atoms with van der Waals surface area (Å²) in [7, 11) is 0. The lowest BCUT2D eigenvalue weighted by Gasteiger charge is -2.31. The Morgan fingerprint density at radius 1 is 0.909 bits per heavy atom. The fourth-order valence-electron chi connectivity index (χ4n) is 3.50. The summed E-state index contributed by atoms with van der Waals surface area (Å²) >= 11 is 0. The van der Waals surface area contributed by atoms with Gasteiger partial charge in [-0.2, -0.15) is 0 Å². The number of hydrogen-bond donors (Lipinski definition) is 1. The van der Waals surface area contributed by atoms with E-state index in [4.69, 9.17) is 0 Å². The van der Waals surface area contributed by atoms with Crippen molar-refractivity contribution in [1.82, 2.24) is 0 Å². The molecule has 1 nitrogen and oxygen atoms in total. The molecule has 118 valence electrons. The van der Waals surface area contributed by atoms with Gasteiger partial charge in [-0.1, -0.05) is 76.6 Å². The second kappa shape index (κ2) is 7.00. The Balaban J connectivity index is 2.54. The van der Waals surface area contributed by atoms with Gasteiger partial charge in [0.2, 0.25) is 0 Å². The van der Waals surface area contributed by atoms with Crippen molar-refractivity contribution in [3.8, 4) is 5.75 Å². The number of phenols is 1. The third kappa shape index (κ3) is 3.19. The third-order valence-corrected chi connectivity index (χ3v) is 4.78. The summed E-state index contributed by atoms with van der Waals surface area (Å²) < 4.78 is 0. The first-order valence-electron chi connectivity index (χ1n) is 8.40. The zero-order valence-corrected chi connectivity index (χ0v) is 14.3. The molecule has 0 saturated carbocycles. The number of hydrogen-bond acceptors (Lipinski definition) is 1. The molecule has 0 amide bonds. The molecule has 2 aromatic rings. The molecular formula is C21H28O. The average molecular weight is 296 g/mol. The maximum absolute atomic E-state index is 10.3. The summed E-state index contributed by atoms with van der Waals surface area (Å²) in [5.41, 5.74) is 3.55. The van der Waals surface area contributed by atoms with Crippen LogP contribution < -0.4 is 0 Å². The molecule has 1 N–H and O–H groups in total. The van der Waals surface area contributed by atoms with Crippen LogP contribution in [0.3, 0.4) is 0 Å². The lowest BCUT2D eigenvalue weighted by atomic mass is 9.73. The minimum absolute atomic E-state index is 0.205. The van der Waals surface area contributed by atoms with Crippen LogP contribution in [-0.4, -0.2) is 5.11 Å². The molecule has 1 atom stereocenters. The second-order valence-electron chi connectivity index (χ2n) is 6.62. The van der Waals surface area contributed by atoms with Crippen molar-refractivity contribution >= 4 is 0 Å². The number of phenolic OH excluding ortho intramolecular Hbond substituents is 1. The van der Waals surface area contributed by atoms with Crippen LogP contribution in [0.15, 0.2) is 48.5 Å². The van der Waals surface area contributed by atoms with Crippen LogP contribution in [0.4, 0.5) is 0 Å². The van der Waals surface area contributed by atoms with Gasteiger partial charge in [-0.25, -0.2) is 0 Å². The van der Waals surface area contributed by atoms with Gasteiger partial charge in [-0.3, -0.25) is 0 Å². The van der Waals surface area contributed by atoms with Gasteiger partial charge in [-0.15, -0.1) is 0 Å². The van der Waals surface area contributed by atoms with Crippen molar-refractivity contribution in [3.63, 3.8) is 0 Å². The molecule has 1 heteroatoms. The molecule has 0 spiro atoms. The summed E-state index contributed by atoms with van der Waals surface area (Å²) in [6.45, 7) is 8.93. The molecule has 0 aliphatic rings. The smallest absolute Gasteiger partial charge is 0.119 e. The first kappa shape index (κ1) is 16.6. The molecule has 0 heterocycles. The summed E-state index contributed by atoms with van der Waals surface area (Å²) in [5, 5.41) is 10.3. The van der Waals surface area contributed by atoms with Crippen molar-refractivity contribution in [2.24, 2.45) is 0 Å². The lowest BCUT2D eigenvalue weighted by Crippen LogP contribution is -2.22. The maximum atomic E-state index is 10.3. The van der Waals surface area contributed by atoms with Crippen molar-refractivity contribution in [3.05, 3.63) is 65.2 Å². The highest BCUT2D eigenvalue weighted by Gasteiger charge is 2.29. The summed E-state index contributed by atoms with van der Waals surface area (Å²) in [6.07, 6.45) is 3.57. The van der Waals surface area contributed by atoms with Gasteiger partial charge in [0.25, 0.3) is 0 Å². The van der Waals surface area contributed by atoms with Crippen LogP contribution in [0, 0.1) is 0 Å².